The Morgan fingerprint density at radius 1 is 1.45 bits per heavy atom. The van der Waals surface area contributed by atoms with Crippen molar-refractivity contribution in [3.8, 4) is 5.75 Å². The fourth-order valence-electron chi connectivity index (χ4n) is 1.90. The molecular weight excluding hydrogens is 260 g/mol. The molecule has 2 amide bonds. The van der Waals surface area contributed by atoms with Crippen LogP contribution in [-0.2, 0) is 14.3 Å². The molecule has 1 aromatic carbocycles. The summed E-state index contributed by atoms with van der Waals surface area (Å²) in [6.07, 6.45) is 0.677. The van der Waals surface area contributed by atoms with Crippen LogP contribution in [0.3, 0.4) is 0 Å². The maximum Gasteiger partial charge on any atom is 0.278 e. The summed E-state index contributed by atoms with van der Waals surface area (Å²) in [5, 5.41) is 5.37. The van der Waals surface area contributed by atoms with Crippen molar-refractivity contribution in [1.82, 2.24) is 5.32 Å². The van der Waals surface area contributed by atoms with Gasteiger partial charge in [-0.25, -0.2) is 0 Å². The van der Waals surface area contributed by atoms with Gasteiger partial charge in [-0.1, -0.05) is 12.1 Å². The van der Waals surface area contributed by atoms with E-state index in [9.17, 15) is 9.59 Å². The van der Waals surface area contributed by atoms with E-state index in [2.05, 4.69) is 10.6 Å². The zero-order valence-corrected chi connectivity index (χ0v) is 11.6. The van der Waals surface area contributed by atoms with Gasteiger partial charge in [0.25, 0.3) is 17.4 Å². The number of hydrogen-bond donors (Lipinski definition) is 2. The van der Waals surface area contributed by atoms with E-state index in [1.165, 1.54) is 6.92 Å². The van der Waals surface area contributed by atoms with Gasteiger partial charge in [-0.05, 0) is 25.5 Å². The lowest BCUT2D eigenvalue weighted by atomic mass is 10.0. The molecule has 1 aliphatic heterocycles. The Morgan fingerprint density at radius 3 is 2.95 bits per heavy atom. The second kappa shape index (κ2) is 5.92. The first-order chi connectivity index (χ1) is 9.58. The minimum Gasteiger partial charge on any atom is -0.466 e. The van der Waals surface area contributed by atoms with Crippen LogP contribution in [0.1, 0.15) is 13.3 Å². The molecule has 1 unspecified atom stereocenters. The molecule has 20 heavy (non-hydrogen) atoms. The first-order valence-electron chi connectivity index (χ1n) is 6.44. The van der Waals surface area contributed by atoms with Crippen molar-refractivity contribution in [2.45, 2.75) is 18.9 Å². The molecule has 0 aliphatic carbocycles. The zero-order chi connectivity index (χ0) is 14.6. The fraction of sp³-hybridized carbons (Fsp3) is 0.429. The third-order valence-electron chi connectivity index (χ3n) is 3.13. The molecule has 0 spiro atoms. The number of methoxy groups -OCH3 is 1. The second-order valence-corrected chi connectivity index (χ2v) is 4.69. The van der Waals surface area contributed by atoms with Crippen LogP contribution in [0.5, 0.6) is 5.75 Å². The van der Waals surface area contributed by atoms with E-state index in [0.717, 1.165) is 0 Å². The van der Waals surface area contributed by atoms with Gasteiger partial charge < -0.3 is 20.1 Å². The van der Waals surface area contributed by atoms with Gasteiger partial charge in [0.1, 0.15) is 5.75 Å². The Kier molecular flexibility index (Phi) is 4.24. The van der Waals surface area contributed by atoms with Gasteiger partial charge in [0.15, 0.2) is 0 Å². The van der Waals surface area contributed by atoms with E-state index in [0.29, 0.717) is 31.0 Å². The highest BCUT2D eigenvalue weighted by molar-refractivity contribution is 6.15. The number of anilines is 1. The van der Waals surface area contributed by atoms with Gasteiger partial charge in [-0.15, -0.1) is 0 Å². The summed E-state index contributed by atoms with van der Waals surface area (Å²) in [6.45, 7) is 2.44. The monoisotopic (exact) mass is 278 g/mol. The highest BCUT2D eigenvalue weighted by Crippen LogP contribution is 2.33. The number of benzene rings is 1. The van der Waals surface area contributed by atoms with Gasteiger partial charge >= 0.3 is 0 Å². The van der Waals surface area contributed by atoms with E-state index in [4.69, 9.17) is 9.47 Å². The predicted octanol–water partition coefficient (Wildman–Crippen LogP) is 0.929. The van der Waals surface area contributed by atoms with Crippen molar-refractivity contribution in [2.75, 3.05) is 25.6 Å². The number of carbonyl (C=O) groups excluding carboxylic acids is 2. The van der Waals surface area contributed by atoms with Gasteiger partial charge in [-0.2, -0.15) is 0 Å². The average molecular weight is 278 g/mol. The highest BCUT2D eigenvalue weighted by Gasteiger charge is 2.46. The minimum absolute atomic E-state index is 0.431. The number of hydrogen-bond acceptors (Lipinski definition) is 4. The van der Waals surface area contributed by atoms with Gasteiger partial charge in [0.2, 0.25) is 0 Å². The molecule has 0 saturated heterocycles. The quantitative estimate of drug-likeness (QED) is 0.620. The number of ether oxygens (including phenoxy) is 2. The van der Waals surface area contributed by atoms with Crippen molar-refractivity contribution in [3.63, 3.8) is 0 Å². The van der Waals surface area contributed by atoms with Crippen LogP contribution in [0.15, 0.2) is 24.3 Å². The van der Waals surface area contributed by atoms with Crippen molar-refractivity contribution in [2.24, 2.45) is 0 Å². The molecule has 0 radical (unpaired) electrons. The largest absolute Gasteiger partial charge is 0.466 e. The fourth-order valence-corrected chi connectivity index (χ4v) is 1.90. The Hall–Kier alpha value is -2.08. The van der Waals surface area contributed by atoms with Crippen molar-refractivity contribution in [3.05, 3.63) is 24.3 Å². The van der Waals surface area contributed by atoms with Crippen molar-refractivity contribution >= 4 is 17.5 Å². The summed E-state index contributed by atoms with van der Waals surface area (Å²) in [5.74, 6) is -0.442. The zero-order valence-electron chi connectivity index (χ0n) is 11.6. The van der Waals surface area contributed by atoms with Crippen LogP contribution in [0.2, 0.25) is 0 Å². The molecule has 6 nitrogen and oxygen atoms in total. The van der Waals surface area contributed by atoms with Crippen molar-refractivity contribution < 1.29 is 19.1 Å². The van der Waals surface area contributed by atoms with Crippen LogP contribution in [0.4, 0.5) is 5.69 Å². The normalized spacial score (nSPS) is 20.6. The summed E-state index contributed by atoms with van der Waals surface area (Å²) in [7, 11) is 1.59. The van der Waals surface area contributed by atoms with E-state index < -0.39 is 17.4 Å². The maximum absolute atomic E-state index is 12.2. The summed E-state index contributed by atoms with van der Waals surface area (Å²) in [6, 6.07) is 7.01. The van der Waals surface area contributed by atoms with Crippen molar-refractivity contribution in [1.29, 1.82) is 0 Å². The van der Waals surface area contributed by atoms with Crippen LogP contribution in [0.25, 0.3) is 0 Å². The number of fused-ring (bicyclic) bond motifs is 1. The van der Waals surface area contributed by atoms with Gasteiger partial charge in [0.05, 0.1) is 5.69 Å². The Morgan fingerprint density at radius 2 is 2.20 bits per heavy atom. The first kappa shape index (κ1) is 14.3. The van der Waals surface area contributed by atoms with E-state index >= 15 is 0 Å². The third-order valence-corrected chi connectivity index (χ3v) is 3.13. The molecule has 0 bridgehead atoms. The lowest BCUT2D eigenvalue weighted by molar-refractivity contribution is -0.146. The minimum atomic E-state index is -1.55. The molecule has 108 valence electrons. The Balaban J connectivity index is 2.06. The van der Waals surface area contributed by atoms with Gasteiger partial charge in [0, 0.05) is 20.3 Å². The van der Waals surface area contributed by atoms with Crippen LogP contribution < -0.4 is 15.4 Å². The summed E-state index contributed by atoms with van der Waals surface area (Å²) >= 11 is 0. The molecular formula is C14H18N2O4. The summed E-state index contributed by atoms with van der Waals surface area (Å²) < 4.78 is 10.5. The second-order valence-electron chi connectivity index (χ2n) is 4.69. The molecule has 2 N–H and O–H groups in total. The predicted molar refractivity (Wildman–Crippen MR) is 73.6 cm³/mol. The molecule has 1 aromatic rings. The Bertz CT molecular complexity index is 518. The standard InChI is InChI=1S/C14H18N2O4/c1-14(12(17)15-8-5-9-19-2)13(18)16-10-6-3-4-7-11(10)20-14/h3-4,6-7H,5,8-9H2,1-2H3,(H,15,17)(H,16,18). The average Bonchev–Trinajstić information content (AvgIpc) is 2.44. The van der Waals surface area contributed by atoms with Crippen LogP contribution >= 0.6 is 0 Å². The summed E-state index contributed by atoms with van der Waals surface area (Å²) in [4.78, 5) is 24.3. The number of nitrogens with one attached hydrogen (secondary N) is 2. The smallest absolute Gasteiger partial charge is 0.278 e. The van der Waals surface area contributed by atoms with E-state index in [-0.39, 0.29) is 0 Å². The Labute approximate surface area is 117 Å². The van der Waals surface area contributed by atoms with Gasteiger partial charge in [-0.3, -0.25) is 9.59 Å². The third kappa shape index (κ3) is 2.75. The SMILES string of the molecule is COCCCNC(=O)C1(C)Oc2ccccc2NC1=O. The number of rotatable bonds is 5. The lowest BCUT2D eigenvalue weighted by Crippen LogP contribution is -2.58. The number of carbonyl (C=O) groups is 2. The number of amides is 2. The topological polar surface area (TPSA) is 76.7 Å². The lowest BCUT2D eigenvalue weighted by Gasteiger charge is -2.33. The van der Waals surface area contributed by atoms with E-state index in [1.807, 2.05) is 0 Å². The number of para-hydroxylation sites is 2. The van der Waals surface area contributed by atoms with Crippen LogP contribution in [0, 0.1) is 0 Å². The summed E-state index contributed by atoms with van der Waals surface area (Å²) in [5.41, 5.74) is -0.983. The molecule has 0 aromatic heterocycles. The molecule has 0 fully saturated rings. The maximum atomic E-state index is 12.2. The molecule has 1 aliphatic rings. The highest BCUT2D eigenvalue weighted by atomic mass is 16.5. The first-order valence-corrected chi connectivity index (χ1v) is 6.44. The molecule has 2 rings (SSSR count). The van der Waals surface area contributed by atoms with E-state index in [1.54, 1.807) is 31.4 Å². The van der Waals surface area contributed by atoms with Crippen LogP contribution in [-0.4, -0.2) is 37.7 Å². The molecule has 1 heterocycles. The molecule has 0 saturated carbocycles. The molecule has 6 heteroatoms. The molecule has 1 atom stereocenters.